The lowest BCUT2D eigenvalue weighted by molar-refractivity contribution is 0.367. The molecule has 0 bridgehead atoms. The Balaban J connectivity index is 1.16. The highest BCUT2D eigenvalue weighted by atomic mass is 15.1. The first kappa shape index (κ1) is 26.5. The molecule has 44 heavy (non-hydrogen) atoms. The molecule has 2 heteroatoms. The molecule has 1 fully saturated rings. The van der Waals surface area contributed by atoms with Crippen molar-refractivity contribution in [3.05, 3.63) is 152 Å². The van der Waals surface area contributed by atoms with Crippen molar-refractivity contribution in [1.82, 2.24) is 4.57 Å². The summed E-state index contributed by atoms with van der Waals surface area (Å²) in [5.74, 6) is 0. The molecule has 0 unspecified atom stereocenters. The van der Waals surface area contributed by atoms with E-state index in [1.54, 1.807) is 0 Å². The van der Waals surface area contributed by atoms with E-state index in [2.05, 4.69) is 161 Å². The van der Waals surface area contributed by atoms with E-state index in [0.29, 0.717) is 6.04 Å². The van der Waals surface area contributed by atoms with Gasteiger partial charge >= 0.3 is 0 Å². The van der Waals surface area contributed by atoms with E-state index in [1.165, 1.54) is 76.2 Å². The average Bonchev–Trinajstić information content (AvgIpc) is 3.44. The van der Waals surface area contributed by atoms with Crippen molar-refractivity contribution < 1.29 is 0 Å². The van der Waals surface area contributed by atoms with E-state index in [-0.39, 0.29) is 0 Å². The highest BCUT2D eigenvalue weighted by Gasteiger charge is 2.21. The summed E-state index contributed by atoms with van der Waals surface area (Å²) in [6.07, 6.45) is 6.60. The molecule has 1 aliphatic carbocycles. The van der Waals surface area contributed by atoms with Crippen LogP contribution in [0.5, 0.6) is 0 Å². The smallest absolute Gasteiger partial charge is 0.0494 e. The summed E-state index contributed by atoms with van der Waals surface area (Å²) >= 11 is 0. The molecule has 1 heterocycles. The second-order valence-electron chi connectivity index (χ2n) is 12.0. The van der Waals surface area contributed by atoms with Gasteiger partial charge in [-0.05, 0) is 89.7 Å². The number of hydrogen-bond acceptors (Lipinski definition) is 1. The third-order valence-corrected chi connectivity index (χ3v) is 9.36. The fourth-order valence-corrected chi connectivity index (χ4v) is 7.18. The van der Waals surface area contributed by atoms with Crippen LogP contribution in [-0.4, -0.2) is 4.57 Å². The van der Waals surface area contributed by atoms with E-state index in [9.17, 15) is 0 Å². The van der Waals surface area contributed by atoms with Gasteiger partial charge in [-0.2, -0.15) is 0 Å². The minimum absolute atomic E-state index is 0.599. The summed E-state index contributed by atoms with van der Waals surface area (Å²) in [4.78, 5) is 2.33. The summed E-state index contributed by atoms with van der Waals surface area (Å²) < 4.78 is 2.64. The largest absolute Gasteiger partial charge is 0.337 e. The Morgan fingerprint density at radius 3 is 1.59 bits per heavy atom. The Labute approximate surface area is 259 Å². The fraction of sp³-hybridized carbons (Fsp3) is 0.143. The highest BCUT2D eigenvalue weighted by molar-refractivity contribution is 6.09. The lowest BCUT2D eigenvalue weighted by atomic mass is 9.95. The quantitative estimate of drug-likeness (QED) is 0.194. The van der Waals surface area contributed by atoms with Gasteiger partial charge in [-0.25, -0.2) is 0 Å². The molecule has 1 aromatic heterocycles. The molecular formula is C42H36N2. The normalized spacial score (nSPS) is 13.8. The van der Waals surface area contributed by atoms with Gasteiger partial charge < -0.3 is 9.47 Å². The van der Waals surface area contributed by atoms with Crippen molar-refractivity contribution in [3.63, 3.8) is 0 Å². The molecule has 6 aromatic carbocycles. The molecule has 0 atom stereocenters. The molecule has 0 spiro atoms. The summed E-state index contributed by atoms with van der Waals surface area (Å²) in [7, 11) is 0. The molecule has 7 aromatic rings. The Morgan fingerprint density at radius 1 is 0.409 bits per heavy atom. The topological polar surface area (TPSA) is 8.17 Å². The van der Waals surface area contributed by atoms with Gasteiger partial charge in [-0.15, -0.1) is 0 Å². The van der Waals surface area contributed by atoms with E-state index < -0.39 is 0 Å². The molecule has 1 aliphatic rings. The molecule has 1 saturated carbocycles. The van der Waals surface area contributed by atoms with Crippen molar-refractivity contribution in [2.75, 3.05) is 4.90 Å². The van der Waals surface area contributed by atoms with Gasteiger partial charge in [0.25, 0.3) is 0 Å². The molecule has 214 valence electrons. The Bertz CT molecular complexity index is 2010. The number of rotatable bonds is 6. The standard InChI is InChI=1S/C42H36N2/c1-4-12-31(13-5-1)32-20-25-37(26-21-32)43(35-14-6-2-7-15-35)38-27-22-33(23-28-38)34-24-29-42-40(30-34)39-18-10-11-19-41(39)44(42)36-16-8-3-9-17-36/h1-2,4-7,10-15,18-30,36H,3,8-9,16-17H2. The molecule has 0 amide bonds. The van der Waals surface area contributed by atoms with Crippen molar-refractivity contribution in [2.45, 2.75) is 38.1 Å². The van der Waals surface area contributed by atoms with Crippen LogP contribution in [0.25, 0.3) is 44.1 Å². The number of aromatic nitrogens is 1. The fourth-order valence-electron chi connectivity index (χ4n) is 7.18. The molecule has 0 saturated heterocycles. The SMILES string of the molecule is c1ccc(-c2ccc(N(c3ccccc3)c3ccc(-c4ccc5c(c4)c4ccccc4n5C4CCCCC4)cc3)cc2)cc1. The van der Waals surface area contributed by atoms with Crippen LogP contribution in [-0.2, 0) is 0 Å². The zero-order chi connectivity index (χ0) is 29.3. The molecule has 2 nitrogen and oxygen atoms in total. The van der Waals surface area contributed by atoms with Crippen LogP contribution in [0.15, 0.2) is 152 Å². The highest BCUT2D eigenvalue weighted by Crippen LogP contribution is 2.40. The summed E-state index contributed by atoms with van der Waals surface area (Å²) in [5, 5.41) is 2.72. The zero-order valence-corrected chi connectivity index (χ0v) is 24.9. The molecule has 0 N–H and O–H groups in total. The Kier molecular flexibility index (Phi) is 6.96. The third-order valence-electron chi connectivity index (χ3n) is 9.36. The van der Waals surface area contributed by atoms with Gasteiger partial charge in [0.2, 0.25) is 0 Å². The first-order valence-electron chi connectivity index (χ1n) is 16.0. The monoisotopic (exact) mass is 568 g/mol. The summed E-state index contributed by atoms with van der Waals surface area (Å²) in [6.45, 7) is 0. The zero-order valence-electron chi connectivity index (χ0n) is 24.9. The number of benzene rings is 6. The van der Waals surface area contributed by atoms with Crippen LogP contribution in [0, 0.1) is 0 Å². The maximum Gasteiger partial charge on any atom is 0.0494 e. The van der Waals surface area contributed by atoms with Gasteiger partial charge in [0.15, 0.2) is 0 Å². The minimum Gasteiger partial charge on any atom is -0.337 e. The van der Waals surface area contributed by atoms with E-state index in [1.807, 2.05) is 0 Å². The second kappa shape index (κ2) is 11.5. The molecular weight excluding hydrogens is 532 g/mol. The van der Waals surface area contributed by atoms with Crippen LogP contribution in [0.2, 0.25) is 0 Å². The van der Waals surface area contributed by atoms with Crippen LogP contribution < -0.4 is 4.90 Å². The average molecular weight is 569 g/mol. The van der Waals surface area contributed by atoms with Gasteiger partial charge in [-0.1, -0.05) is 116 Å². The first-order chi connectivity index (χ1) is 21.8. The number of nitrogens with zero attached hydrogens (tertiary/aromatic N) is 2. The Hall–Kier alpha value is -5.08. The predicted octanol–water partition coefficient (Wildman–Crippen LogP) is 12.1. The second-order valence-corrected chi connectivity index (χ2v) is 12.0. The van der Waals surface area contributed by atoms with Crippen LogP contribution in [0.1, 0.15) is 38.1 Å². The van der Waals surface area contributed by atoms with E-state index in [4.69, 9.17) is 0 Å². The van der Waals surface area contributed by atoms with E-state index in [0.717, 1.165) is 17.1 Å². The Morgan fingerprint density at radius 2 is 0.909 bits per heavy atom. The first-order valence-corrected chi connectivity index (χ1v) is 16.0. The van der Waals surface area contributed by atoms with Crippen molar-refractivity contribution in [2.24, 2.45) is 0 Å². The van der Waals surface area contributed by atoms with Crippen LogP contribution >= 0.6 is 0 Å². The summed E-state index contributed by atoms with van der Waals surface area (Å²) in [6, 6.07) is 55.8. The lowest BCUT2D eigenvalue weighted by Crippen LogP contribution is -2.12. The lowest BCUT2D eigenvalue weighted by Gasteiger charge is -2.26. The van der Waals surface area contributed by atoms with Crippen LogP contribution in [0.3, 0.4) is 0 Å². The molecule has 0 aliphatic heterocycles. The van der Waals surface area contributed by atoms with Gasteiger partial charge in [0.05, 0.1) is 0 Å². The van der Waals surface area contributed by atoms with Crippen molar-refractivity contribution >= 4 is 38.9 Å². The van der Waals surface area contributed by atoms with Gasteiger partial charge in [-0.3, -0.25) is 0 Å². The predicted molar refractivity (Wildman–Crippen MR) is 187 cm³/mol. The van der Waals surface area contributed by atoms with Crippen molar-refractivity contribution in [3.8, 4) is 22.3 Å². The number of para-hydroxylation sites is 2. The van der Waals surface area contributed by atoms with Crippen molar-refractivity contribution in [1.29, 1.82) is 0 Å². The van der Waals surface area contributed by atoms with Gasteiger partial charge in [0.1, 0.15) is 0 Å². The maximum absolute atomic E-state index is 2.64. The maximum atomic E-state index is 2.64. The number of anilines is 3. The minimum atomic E-state index is 0.599. The number of fused-ring (bicyclic) bond motifs is 3. The van der Waals surface area contributed by atoms with Gasteiger partial charge in [0, 0.05) is 44.9 Å². The summed E-state index contributed by atoms with van der Waals surface area (Å²) in [5.41, 5.74) is 11.1. The third kappa shape index (κ3) is 4.87. The van der Waals surface area contributed by atoms with E-state index >= 15 is 0 Å². The number of hydrogen-bond donors (Lipinski definition) is 0. The molecule has 0 radical (unpaired) electrons. The molecule has 8 rings (SSSR count). The van der Waals surface area contributed by atoms with Crippen LogP contribution in [0.4, 0.5) is 17.1 Å².